The van der Waals surface area contributed by atoms with Crippen molar-refractivity contribution in [1.29, 1.82) is 0 Å². The van der Waals surface area contributed by atoms with Crippen LogP contribution in [-0.2, 0) is 0 Å². The van der Waals surface area contributed by atoms with Crippen LogP contribution < -0.4 is 20.8 Å². The fraction of sp³-hybridized carbons (Fsp3) is 0.250. The number of nitrogens with two attached hydrogens (primary N) is 1. The number of rotatable bonds is 10. The second kappa shape index (κ2) is 11.1. The quantitative estimate of drug-likeness (QED) is 0.253. The average molecular weight is 490 g/mol. The van der Waals surface area contributed by atoms with Crippen molar-refractivity contribution in [2.24, 2.45) is 5.10 Å². The first-order chi connectivity index (χ1) is 17.5. The monoisotopic (exact) mass is 489 g/mol. The molecule has 3 N–H and O–H groups in total. The van der Waals surface area contributed by atoms with E-state index in [0.717, 1.165) is 24.3 Å². The molecule has 4 aromatic rings. The van der Waals surface area contributed by atoms with Crippen molar-refractivity contribution in [3.8, 4) is 22.8 Å². The zero-order valence-corrected chi connectivity index (χ0v) is 20.3. The smallest absolute Gasteiger partial charge is 0.294 e. The molecule has 0 aliphatic rings. The number of benzene rings is 2. The fourth-order valence-corrected chi connectivity index (χ4v) is 3.66. The molecule has 0 saturated heterocycles. The third-order valence-corrected chi connectivity index (χ3v) is 5.40. The van der Waals surface area contributed by atoms with Gasteiger partial charge in [0.1, 0.15) is 11.4 Å². The summed E-state index contributed by atoms with van der Waals surface area (Å²) in [6.07, 6.45) is 1.56. The van der Waals surface area contributed by atoms with E-state index in [0.29, 0.717) is 23.6 Å². The Hall–Kier alpha value is -4.74. The van der Waals surface area contributed by atoms with Crippen molar-refractivity contribution >= 4 is 23.6 Å². The summed E-state index contributed by atoms with van der Waals surface area (Å²) in [5, 5.41) is 19.6. The summed E-state index contributed by atoms with van der Waals surface area (Å²) in [4.78, 5) is 15.3. The van der Waals surface area contributed by atoms with E-state index in [2.05, 4.69) is 49.9 Å². The molecule has 2 aromatic heterocycles. The highest BCUT2D eigenvalue weighted by atomic mass is 16.6. The van der Waals surface area contributed by atoms with Crippen molar-refractivity contribution in [3.05, 3.63) is 59.8 Å². The number of ether oxygens (including phenoxy) is 1. The van der Waals surface area contributed by atoms with E-state index >= 15 is 0 Å². The zero-order chi connectivity index (χ0) is 25.5. The number of carbonyl (C=O) groups excluding carboxylic acids is 1. The van der Waals surface area contributed by atoms with Gasteiger partial charge in [0.2, 0.25) is 11.6 Å². The third kappa shape index (κ3) is 5.17. The highest BCUT2D eigenvalue weighted by Gasteiger charge is 2.25. The number of hydrogen-bond acceptors (Lipinski definition) is 10. The summed E-state index contributed by atoms with van der Waals surface area (Å²) in [5.41, 5.74) is 11.3. The van der Waals surface area contributed by atoms with Gasteiger partial charge in [-0.3, -0.25) is 4.79 Å². The van der Waals surface area contributed by atoms with Gasteiger partial charge in [-0.15, -0.1) is 5.10 Å². The summed E-state index contributed by atoms with van der Waals surface area (Å²) in [6, 6.07) is 15.1. The molecule has 2 heterocycles. The molecular weight excluding hydrogens is 462 g/mol. The standard InChI is InChI=1S/C24H27N9O3/c1-4-32(5-2)18-12-10-16(11-13-18)15-26-28-24(34)20-21(17-8-7-9-19(14-17)35-6-3)33(31-27-20)23-22(25)29-36-30-23/h7-15H,4-6H2,1-3H3,(H2,25,29)(H,28,34)/b26-15-. The van der Waals surface area contributed by atoms with Crippen LogP contribution >= 0.6 is 0 Å². The second-order valence-electron chi connectivity index (χ2n) is 7.60. The second-order valence-corrected chi connectivity index (χ2v) is 7.60. The van der Waals surface area contributed by atoms with Crippen LogP contribution in [0.3, 0.4) is 0 Å². The summed E-state index contributed by atoms with van der Waals surface area (Å²) in [5.74, 6) is 0.158. The number of aromatic nitrogens is 5. The number of carbonyl (C=O) groups is 1. The molecule has 0 atom stereocenters. The SMILES string of the molecule is CCOc1cccc(-c2c(C(=O)N/N=C\c3ccc(N(CC)CC)cc3)nnn2-c2nonc2N)c1. The van der Waals surface area contributed by atoms with Crippen LogP contribution in [0.4, 0.5) is 11.5 Å². The van der Waals surface area contributed by atoms with E-state index in [-0.39, 0.29) is 17.3 Å². The minimum atomic E-state index is -0.566. The van der Waals surface area contributed by atoms with Crippen molar-refractivity contribution in [1.82, 2.24) is 30.7 Å². The summed E-state index contributed by atoms with van der Waals surface area (Å²) in [6.45, 7) is 8.44. The Kier molecular flexibility index (Phi) is 7.54. The van der Waals surface area contributed by atoms with Crippen molar-refractivity contribution in [2.75, 3.05) is 30.3 Å². The molecule has 12 heteroatoms. The van der Waals surface area contributed by atoms with E-state index in [1.54, 1.807) is 24.4 Å². The highest BCUT2D eigenvalue weighted by Crippen LogP contribution is 2.29. The average Bonchev–Trinajstić information content (AvgIpc) is 3.52. The largest absolute Gasteiger partial charge is 0.494 e. The topological polar surface area (TPSA) is 150 Å². The van der Waals surface area contributed by atoms with Gasteiger partial charge in [0.05, 0.1) is 12.8 Å². The molecule has 0 spiro atoms. The summed E-state index contributed by atoms with van der Waals surface area (Å²) in [7, 11) is 0. The van der Waals surface area contributed by atoms with Gasteiger partial charge in [-0.2, -0.15) is 9.78 Å². The first kappa shape index (κ1) is 24.4. The number of amides is 1. The van der Waals surface area contributed by atoms with Gasteiger partial charge in [0.15, 0.2) is 5.69 Å². The lowest BCUT2D eigenvalue weighted by molar-refractivity contribution is 0.0950. The predicted octanol–water partition coefficient (Wildman–Crippen LogP) is 2.91. The lowest BCUT2D eigenvalue weighted by Crippen LogP contribution is -2.21. The number of anilines is 2. The molecule has 1 amide bonds. The fourth-order valence-electron chi connectivity index (χ4n) is 3.66. The van der Waals surface area contributed by atoms with E-state index < -0.39 is 5.91 Å². The van der Waals surface area contributed by atoms with Gasteiger partial charge < -0.3 is 15.4 Å². The van der Waals surface area contributed by atoms with Crippen LogP contribution in [0.5, 0.6) is 5.75 Å². The van der Waals surface area contributed by atoms with Gasteiger partial charge in [-0.1, -0.05) is 29.5 Å². The lowest BCUT2D eigenvalue weighted by Gasteiger charge is -2.20. The lowest BCUT2D eigenvalue weighted by atomic mass is 10.1. The molecule has 186 valence electrons. The van der Waals surface area contributed by atoms with E-state index in [1.807, 2.05) is 37.3 Å². The Labute approximate surface area is 207 Å². The van der Waals surface area contributed by atoms with Gasteiger partial charge in [-0.05, 0) is 60.9 Å². The van der Waals surface area contributed by atoms with Crippen molar-refractivity contribution < 1.29 is 14.2 Å². The number of nitrogen functional groups attached to an aromatic ring is 1. The Balaban J connectivity index is 1.60. The Morgan fingerprint density at radius 3 is 2.61 bits per heavy atom. The van der Waals surface area contributed by atoms with Crippen LogP contribution in [0.2, 0.25) is 0 Å². The summed E-state index contributed by atoms with van der Waals surface area (Å²) < 4.78 is 11.6. The molecule has 0 unspecified atom stereocenters. The minimum absolute atomic E-state index is 0.000232. The number of hydrazone groups is 1. The van der Waals surface area contributed by atoms with E-state index in [4.69, 9.17) is 15.1 Å². The maximum Gasteiger partial charge on any atom is 0.294 e. The number of nitrogens with zero attached hydrogens (tertiary/aromatic N) is 7. The zero-order valence-electron chi connectivity index (χ0n) is 20.3. The normalized spacial score (nSPS) is 11.1. The molecule has 0 aliphatic carbocycles. The molecule has 12 nitrogen and oxygen atoms in total. The molecule has 0 aliphatic heterocycles. The molecule has 36 heavy (non-hydrogen) atoms. The maximum absolute atomic E-state index is 13.1. The van der Waals surface area contributed by atoms with Crippen LogP contribution in [0.25, 0.3) is 17.1 Å². The van der Waals surface area contributed by atoms with Crippen LogP contribution in [0, 0.1) is 0 Å². The van der Waals surface area contributed by atoms with E-state index in [9.17, 15) is 4.79 Å². The van der Waals surface area contributed by atoms with Gasteiger partial charge in [0, 0.05) is 24.3 Å². The van der Waals surface area contributed by atoms with Crippen LogP contribution in [0.1, 0.15) is 36.8 Å². The number of hydrogen-bond donors (Lipinski definition) is 2. The van der Waals surface area contributed by atoms with Gasteiger partial charge >= 0.3 is 0 Å². The first-order valence-electron chi connectivity index (χ1n) is 11.5. The predicted molar refractivity (Wildman–Crippen MR) is 135 cm³/mol. The molecule has 0 bridgehead atoms. The summed E-state index contributed by atoms with van der Waals surface area (Å²) >= 11 is 0. The van der Waals surface area contributed by atoms with Crippen LogP contribution in [-0.4, -0.2) is 57.1 Å². The Morgan fingerprint density at radius 1 is 1.17 bits per heavy atom. The maximum atomic E-state index is 13.1. The van der Waals surface area contributed by atoms with Crippen molar-refractivity contribution in [2.45, 2.75) is 20.8 Å². The molecule has 4 rings (SSSR count). The molecule has 2 aromatic carbocycles. The molecule has 0 saturated carbocycles. The minimum Gasteiger partial charge on any atom is -0.494 e. The third-order valence-electron chi connectivity index (χ3n) is 5.40. The van der Waals surface area contributed by atoms with Gasteiger partial charge in [0.25, 0.3) is 5.91 Å². The molecular formula is C24H27N9O3. The van der Waals surface area contributed by atoms with Crippen molar-refractivity contribution in [3.63, 3.8) is 0 Å². The van der Waals surface area contributed by atoms with Gasteiger partial charge in [-0.25, -0.2) is 10.1 Å². The molecule has 0 radical (unpaired) electrons. The van der Waals surface area contributed by atoms with Crippen LogP contribution in [0.15, 0.2) is 58.3 Å². The highest BCUT2D eigenvalue weighted by molar-refractivity contribution is 5.99. The first-order valence-corrected chi connectivity index (χ1v) is 11.5. The Bertz CT molecular complexity index is 1340. The molecule has 0 fully saturated rings. The van der Waals surface area contributed by atoms with E-state index in [1.165, 1.54) is 4.68 Å². The number of nitrogens with one attached hydrogen (secondary N) is 1. The Morgan fingerprint density at radius 2 is 1.94 bits per heavy atom.